The lowest BCUT2D eigenvalue weighted by molar-refractivity contribution is -0.144. The van der Waals surface area contributed by atoms with Crippen LogP contribution >= 0.6 is 0 Å². The molecule has 3 heterocycles. The summed E-state index contributed by atoms with van der Waals surface area (Å²) in [7, 11) is 0. The summed E-state index contributed by atoms with van der Waals surface area (Å²) >= 11 is 0. The van der Waals surface area contributed by atoms with E-state index in [0.29, 0.717) is 13.1 Å². The van der Waals surface area contributed by atoms with Crippen molar-refractivity contribution in [2.24, 2.45) is 0 Å². The maximum absolute atomic E-state index is 13.4. The molecule has 0 bridgehead atoms. The SMILES string of the molecule is O=C(CN1CCN(c2cnccn2)CC1)N1CCC(O)(c2ccccc2C(F)(F)F)CC1. The number of anilines is 1. The number of hydrogen-bond donors (Lipinski definition) is 1. The van der Waals surface area contributed by atoms with Crippen LogP contribution < -0.4 is 4.90 Å². The number of halogens is 3. The third-order valence-electron chi connectivity index (χ3n) is 6.28. The van der Waals surface area contributed by atoms with Crippen molar-refractivity contribution in [1.29, 1.82) is 0 Å². The number of piperazine rings is 1. The molecule has 10 heteroatoms. The molecule has 4 rings (SSSR count). The van der Waals surface area contributed by atoms with Gasteiger partial charge in [-0.05, 0) is 24.5 Å². The van der Waals surface area contributed by atoms with Crippen LogP contribution in [-0.4, -0.2) is 76.6 Å². The molecule has 1 aromatic heterocycles. The fourth-order valence-electron chi connectivity index (χ4n) is 4.41. The van der Waals surface area contributed by atoms with E-state index >= 15 is 0 Å². The summed E-state index contributed by atoms with van der Waals surface area (Å²) in [6, 6.07) is 5.14. The quantitative estimate of drug-likeness (QED) is 0.771. The van der Waals surface area contributed by atoms with Gasteiger partial charge in [0.25, 0.3) is 0 Å². The molecule has 2 fully saturated rings. The van der Waals surface area contributed by atoms with Gasteiger partial charge in [-0.15, -0.1) is 0 Å². The van der Waals surface area contributed by atoms with Crippen molar-refractivity contribution in [2.75, 3.05) is 50.7 Å². The summed E-state index contributed by atoms with van der Waals surface area (Å²) in [5.74, 6) is 0.747. The molecule has 1 amide bonds. The van der Waals surface area contributed by atoms with Gasteiger partial charge in [-0.2, -0.15) is 13.2 Å². The Hall–Kier alpha value is -2.72. The lowest BCUT2D eigenvalue weighted by Crippen LogP contribution is -2.52. The Morgan fingerprint density at radius 3 is 2.34 bits per heavy atom. The Morgan fingerprint density at radius 2 is 1.72 bits per heavy atom. The Bertz CT molecular complexity index is 925. The van der Waals surface area contributed by atoms with Crippen LogP contribution in [0.5, 0.6) is 0 Å². The first kappa shape index (κ1) is 22.5. The van der Waals surface area contributed by atoms with Crippen LogP contribution in [0.2, 0.25) is 0 Å². The average molecular weight is 449 g/mol. The number of aliphatic hydroxyl groups is 1. The second-order valence-corrected chi connectivity index (χ2v) is 8.28. The first-order valence-electron chi connectivity index (χ1n) is 10.7. The highest BCUT2D eigenvalue weighted by atomic mass is 19.4. The van der Waals surface area contributed by atoms with E-state index in [1.807, 2.05) is 0 Å². The third-order valence-corrected chi connectivity index (χ3v) is 6.28. The number of alkyl halides is 3. The minimum Gasteiger partial charge on any atom is -0.385 e. The maximum atomic E-state index is 13.4. The van der Waals surface area contributed by atoms with Crippen molar-refractivity contribution in [3.63, 3.8) is 0 Å². The van der Waals surface area contributed by atoms with Gasteiger partial charge in [0.2, 0.25) is 5.91 Å². The normalized spacial score (nSPS) is 19.8. The minimum absolute atomic E-state index is 0.0656. The van der Waals surface area contributed by atoms with Crippen LogP contribution in [0.1, 0.15) is 24.0 Å². The van der Waals surface area contributed by atoms with Crippen LogP contribution in [0.15, 0.2) is 42.9 Å². The van der Waals surface area contributed by atoms with Gasteiger partial charge in [0.05, 0.1) is 23.9 Å². The molecule has 7 nitrogen and oxygen atoms in total. The van der Waals surface area contributed by atoms with Crippen LogP contribution in [0, 0.1) is 0 Å². The molecule has 0 saturated carbocycles. The van der Waals surface area contributed by atoms with Gasteiger partial charge in [-0.1, -0.05) is 18.2 Å². The second kappa shape index (κ2) is 9.03. The summed E-state index contributed by atoms with van der Waals surface area (Å²) in [5, 5.41) is 11.0. The zero-order valence-electron chi connectivity index (χ0n) is 17.6. The van der Waals surface area contributed by atoms with Crippen LogP contribution in [0.25, 0.3) is 0 Å². The van der Waals surface area contributed by atoms with E-state index in [1.54, 1.807) is 23.5 Å². The molecule has 1 N–H and O–H groups in total. The number of likely N-dealkylation sites (tertiary alicyclic amines) is 1. The number of hydrogen-bond acceptors (Lipinski definition) is 6. The molecule has 0 aliphatic carbocycles. The summed E-state index contributed by atoms with van der Waals surface area (Å²) in [5.41, 5.74) is -2.52. The van der Waals surface area contributed by atoms with Gasteiger partial charge in [0.1, 0.15) is 5.82 Å². The monoisotopic (exact) mass is 449 g/mol. The van der Waals surface area contributed by atoms with Crippen molar-refractivity contribution in [3.8, 4) is 0 Å². The number of rotatable bonds is 4. The molecular weight excluding hydrogens is 423 g/mol. The number of carbonyl (C=O) groups is 1. The molecule has 0 spiro atoms. The fourth-order valence-corrected chi connectivity index (χ4v) is 4.41. The van der Waals surface area contributed by atoms with Gasteiger partial charge >= 0.3 is 6.18 Å². The first-order chi connectivity index (χ1) is 15.3. The minimum atomic E-state index is -4.53. The lowest BCUT2D eigenvalue weighted by Gasteiger charge is -2.41. The fraction of sp³-hybridized carbons (Fsp3) is 0.500. The first-order valence-corrected chi connectivity index (χ1v) is 10.7. The predicted molar refractivity (Wildman–Crippen MR) is 112 cm³/mol. The molecule has 2 aliphatic rings. The van der Waals surface area contributed by atoms with E-state index in [1.165, 1.54) is 18.2 Å². The Morgan fingerprint density at radius 1 is 1.03 bits per heavy atom. The van der Waals surface area contributed by atoms with Crippen molar-refractivity contribution in [2.45, 2.75) is 24.6 Å². The Balaban J connectivity index is 1.31. The standard InChI is InChI=1S/C22H26F3N5O2/c23-22(24,25)18-4-2-1-3-17(18)21(32)5-9-30(10-6-21)20(31)16-28-11-13-29(14-12-28)19-15-26-7-8-27-19/h1-4,7-8,15,32H,5-6,9-14,16H2. The van der Waals surface area contributed by atoms with E-state index in [9.17, 15) is 23.1 Å². The van der Waals surface area contributed by atoms with Gasteiger partial charge in [-0.25, -0.2) is 4.98 Å². The highest BCUT2D eigenvalue weighted by molar-refractivity contribution is 5.78. The number of aromatic nitrogens is 2. The molecule has 2 aromatic rings. The number of piperidine rings is 1. The van der Waals surface area contributed by atoms with Crippen molar-refractivity contribution in [1.82, 2.24) is 19.8 Å². The van der Waals surface area contributed by atoms with E-state index < -0.39 is 17.3 Å². The lowest BCUT2D eigenvalue weighted by atomic mass is 9.81. The number of benzene rings is 1. The number of nitrogens with zero attached hydrogens (tertiary/aromatic N) is 5. The van der Waals surface area contributed by atoms with Gasteiger partial charge in [-0.3, -0.25) is 14.7 Å². The summed E-state index contributed by atoms with van der Waals surface area (Å²) < 4.78 is 40.1. The molecule has 2 aliphatic heterocycles. The van der Waals surface area contributed by atoms with Crippen molar-refractivity contribution < 1.29 is 23.1 Å². The largest absolute Gasteiger partial charge is 0.416 e. The molecule has 2 saturated heterocycles. The van der Waals surface area contributed by atoms with E-state index in [2.05, 4.69) is 19.8 Å². The van der Waals surface area contributed by atoms with Crippen LogP contribution in [-0.2, 0) is 16.6 Å². The third kappa shape index (κ3) is 4.86. The summed E-state index contributed by atoms with van der Waals surface area (Å²) in [6.45, 7) is 3.59. The van der Waals surface area contributed by atoms with Crippen LogP contribution in [0.4, 0.5) is 19.0 Å². The smallest absolute Gasteiger partial charge is 0.385 e. The molecule has 32 heavy (non-hydrogen) atoms. The average Bonchev–Trinajstić information content (AvgIpc) is 2.80. The predicted octanol–water partition coefficient (Wildman–Crippen LogP) is 2.13. The summed E-state index contributed by atoms with van der Waals surface area (Å²) in [6.07, 6.45) is 0.605. The highest BCUT2D eigenvalue weighted by Crippen LogP contribution is 2.41. The van der Waals surface area contributed by atoms with Crippen molar-refractivity contribution >= 4 is 11.7 Å². The van der Waals surface area contributed by atoms with E-state index in [4.69, 9.17) is 0 Å². The maximum Gasteiger partial charge on any atom is 0.416 e. The Kier molecular flexibility index (Phi) is 6.34. The topological polar surface area (TPSA) is 72.8 Å². The van der Waals surface area contributed by atoms with Gasteiger partial charge in [0, 0.05) is 51.7 Å². The molecule has 172 valence electrons. The zero-order valence-corrected chi connectivity index (χ0v) is 17.6. The molecule has 0 atom stereocenters. The molecule has 0 radical (unpaired) electrons. The molecule has 1 aromatic carbocycles. The number of carbonyl (C=O) groups excluding carboxylic acids is 1. The zero-order chi connectivity index (χ0) is 22.8. The van der Waals surface area contributed by atoms with Gasteiger partial charge in [0.15, 0.2) is 0 Å². The van der Waals surface area contributed by atoms with E-state index in [0.717, 1.165) is 25.0 Å². The second-order valence-electron chi connectivity index (χ2n) is 8.28. The summed E-state index contributed by atoms with van der Waals surface area (Å²) in [4.78, 5) is 27.0. The Labute approximate surface area is 184 Å². The molecule has 0 unspecified atom stereocenters. The number of amides is 1. The molecular formula is C22H26F3N5O2. The van der Waals surface area contributed by atoms with Gasteiger partial charge < -0.3 is 14.9 Å². The highest BCUT2D eigenvalue weighted by Gasteiger charge is 2.42. The van der Waals surface area contributed by atoms with Crippen molar-refractivity contribution in [3.05, 3.63) is 54.0 Å². The van der Waals surface area contributed by atoms with E-state index in [-0.39, 0.29) is 43.9 Å². The van der Waals surface area contributed by atoms with Crippen LogP contribution in [0.3, 0.4) is 0 Å².